The molecule has 1 rings (SSSR count). The van der Waals surface area contributed by atoms with Crippen LogP contribution in [0, 0.1) is 5.82 Å². The van der Waals surface area contributed by atoms with Crippen LogP contribution in [0.5, 0.6) is 0 Å². The normalized spacial score (nSPS) is 10.8. The highest BCUT2D eigenvalue weighted by atomic mass is 79.9. The second-order valence-corrected chi connectivity index (χ2v) is 2.79. The number of halogens is 4. The summed E-state index contributed by atoms with van der Waals surface area (Å²) in [7, 11) is 0. The Bertz CT molecular complexity index is 349. The zero-order chi connectivity index (χ0) is 9.30. The third kappa shape index (κ3) is 1.52. The van der Waals surface area contributed by atoms with Gasteiger partial charge in [-0.25, -0.2) is 13.2 Å². The molecule has 0 aromatic carbocycles. The molecule has 2 nitrogen and oxygen atoms in total. The van der Waals surface area contributed by atoms with Gasteiger partial charge in [0.15, 0.2) is 5.82 Å². The Balaban J connectivity index is 3.36. The van der Waals surface area contributed by atoms with Gasteiger partial charge in [0.2, 0.25) is 0 Å². The number of alkyl halides is 2. The first-order valence-corrected chi connectivity index (χ1v) is 3.68. The van der Waals surface area contributed by atoms with Gasteiger partial charge in [-0.15, -0.1) is 0 Å². The Labute approximate surface area is 73.5 Å². The molecule has 6 heteroatoms. The standard InChI is InChI=1S/C6H3BrF3NO/c7-3-4(8)2(5(9)10)1-11-6(3)12/h1,5H,(H,11,12). The Kier molecular flexibility index (Phi) is 2.56. The van der Waals surface area contributed by atoms with E-state index in [9.17, 15) is 18.0 Å². The van der Waals surface area contributed by atoms with Crippen molar-refractivity contribution < 1.29 is 13.2 Å². The van der Waals surface area contributed by atoms with E-state index in [1.165, 1.54) is 0 Å². The number of H-pyrrole nitrogens is 1. The Morgan fingerprint density at radius 2 is 2.08 bits per heavy atom. The molecule has 12 heavy (non-hydrogen) atoms. The van der Waals surface area contributed by atoms with Crippen molar-refractivity contribution in [2.45, 2.75) is 6.43 Å². The SMILES string of the molecule is O=c1[nH]cc(C(F)F)c(F)c1Br. The van der Waals surface area contributed by atoms with Gasteiger partial charge in [0, 0.05) is 6.20 Å². The second kappa shape index (κ2) is 3.30. The number of aromatic amines is 1. The van der Waals surface area contributed by atoms with Gasteiger partial charge in [-0.05, 0) is 15.9 Å². The molecule has 0 amide bonds. The molecule has 1 heterocycles. The lowest BCUT2D eigenvalue weighted by atomic mass is 10.3. The van der Waals surface area contributed by atoms with Crippen LogP contribution in [0.2, 0.25) is 0 Å². The van der Waals surface area contributed by atoms with Gasteiger partial charge in [-0.1, -0.05) is 0 Å². The summed E-state index contributed by atoms with van der Waals surface area (Å²) in [5.74, 6) is -1.21. The molecule has 0 fully saturated rings. The van der Waals surface area contributed by atoms with E-state index in [2.05, 4.69) is 15.9 Å². The molecule has 1 aromatic heterocycles. The lowest BCUT2D eigenvalue weighted by molar-refractivity contribution is 0.145. The number of pyridine rings is 1. The molecule has 1 N–H and O–H groups in total. The van der Waals surface area contributed by atoms with E-state index in [1.807, 2.05) is 4.98 Å². The first kappa shape index (κ1) is 9.31. The van der Waals surface area contributed by atoms with Crippen LogP contribution < -0.4 is 5.56 Å². The number of hydrogen-bond donors (Lipinski definition) is 1. The van der Waals surface area contributed by atoms with Crippen molar-refractivity contribution in [3.8, 4) is 0 Å². The van der Waals surface area contributed by atoms with Gasteiger partial charge in [0.05, 0.1) is 5.56 Å². The number of hydrogen-bond acceptors (Lipinski definition) is 1. The fourth-order valence-corrected chi connectivity index (χ4v) is 0.999. The molecule has 0 radical (unpaired) electrons. The minimum atomic E-state index is -2.93. The van der Waals surface area contributed by atoms with Gasteiger partial charge in [0.1, 0.15) is 4.47 Å². The van der Waals surface area contributed by atoms with Gasteiger partial charge in [-0.3, -0.25) is 4.79 Å². The Morgan fingerprint density at radius 3 is 2.58 bits per heavy atom. The van der Waals surface area contributed by atoms with Crippen LogP contribution in [0.1, 0.15) is 12.0 Å². The fourth-order valence-electron chi connectivity index (χ4n) is 0.655. The third-order valence-corrected chi connectivity index (χ3v) is 1.95. The molecule has 0 spiro atoms. The van der Waals surface area contributed by atoms with Crippen LogP contribution in [0.4, 0.5) is 13.2 Å². The predicted octanol–water partition coefficient (Wildman–Crippen LogP) is 2.21. The van der Waals surface area contributed by atoms with Crippen molar-refractivity contribution in [2.75, 3.05) is 0 Å². The van der Waals surface area contributed by atoms with E-state index in [0.717, 1.165) is 0 Å². The average Bonchev–Trinajstić information content (AvgIpc) is 2.00. The van der Waals surface area contributed by atoms with Crippen molar-refractivity contribution in [1.29, 1.82) is 0 Å². The molecule has 0 atom stereocenters. The molecular formula is C6H3BrF3NO. The van der Waals surface area contributed by atoms with E-state index < -0.39 is 27.8 Å². The number of aromatic nitrogens is 1. The first-order valence-electron chi connectivity index (χ1n) is 2.88. The number of rotatable bonds is 1. The summed E-state index contributed by atoms with van der Waals surface area (Å²) in [6, 6.07) is 0. The molecule has 1 aromatic rings. The average molecular weight is 242 g/mol. The third-order valence-electron chi connectivity index (χ3n) is 1.24. The lowest BCUT2D eigenvalue weighted by Gasteiger charge is -2.01. The van der Waals surface area contributed by atoms with Crippen molar-refractivity contribution in [3.05, 3.63) is 32.4 Å². The lowest BCUT2D eigenvalue weighted by Crippen LogP contribution is -2.10. The van der Waals surface area contributed by atoms with Crippen LogP contribution in [0.15, 0.2) is 15.5 Å². The van der Waals surface area contributed by atoms with Crippen LogP contribution >= 0.6 is 15.9 Å². The van der Waals surface area contributed by atoms with Crippen molar-refractivity contribution in [2.24, 2.45) is 0 Å². The van der Waals surface area contributed by atoms with Crippen LogP contribution in [0.3, 0.4) is 0 Å². The van der Waals surface area contributed by atoms with E-state index >= 15 is 0 Å². The molecule has 0 saturated heterocycles. The van der Waals surface area contributed by atoms with Gasteiger partial charge in [-0.2, -0.15) is 0 Å². The second-order valence-electron chi connectivity index (χ2n) is 2.00. The Morgan fingerprint density at radius 1 is 1.50 bits per heavy atom. The Hall–Kier alpha value is -0.780. The maximum atomic E-state index is 12.8. The zero-order valence-corrected chi connectivity index (χ0v) is 7.16. The summed E-state index contributed by atoms with van der Waals surface area (Å²) in [5.41, 5.74) is -1.58. The van der Waals surface area contributed by atoms with E-state index in [-0.39, 0.29) is 0 Å². The maximum absolute atomic E-state index is 12.8. The largest absolute Gasteiger partial charge is 0.327 e. The summed E-state index contributed by atoms with van der Waals surface area (Å²) < 4.78 is 36.2. The summed E-state index contributed by atoms with van der Waals surface area (Å²) in [5, 5.41) is 0. The molecule has 0 saturated carbocycles. The van der Waals surface area contributed by atoms with Crippen molar-refractivity contribution in [3.63, 3.8) is 0 Å². The van der Waals surface area contributed by atoms with E-state index in [0.29, 0.717) is 6.20 Å². The monoisotopic (exact) mass is 241 g/mol. The molecule has 0 unspecified atom stereocenters. The first-order chi connectivity index (χ1) is 5.54. The topological polar surface area (TPSA) is 32.9 Å². The maximum Gasteiger partial charge on any atom is 0.268 e. The van der Waals surface area contributed by atoms with Crippen LogP contribution in [-0.4, -0.2) is 4.98 Å². The predicted molar refractivity (Wildman–Crippen MR) is 39.7 cm³/mol. The molecular weight excluding hydrogens is 239 g/mol. The van der Waals surface area contributed by atoms with E-state index in [1.54, 1.807) is 0 Å². The van der Waals surface area contributed by atoms with Gasteiger partial charge >= 0.3 is 0 Å². The quantitative estimate of drug-likeness (QED) is 0.804. The summed E-state index contributed by atoms with van der Waals surface area (Å²) in [6.07, 6.45) is -2.27. The minimum Gasteiger partial charge on any atom is -0.327 e. The molecule has 0 aliphatic rings. The molecule has 66 valence electrons. The van der Waals surface area contributed by atoms with Gasteiger partial charge < -0.3 is 4.98 Å². The highest BCUT2D eigenvalue weighted by Gasteiger charge is 2.17. The molecule has 0 aliphatic carbocycles. The summed E-state index contributed by atoms with van der Waals surface area (Å²) in [4.78, 5) is 12.6. The highest BCUT2D eigenvalue weighted by molar-refractivity contribution is 9.10. The smallest absolute Gasteiger partial charge is 0.268 e. The van der Waals surface area contributed by atoms with Crippen LogP contribution in [0.25, 0.3) is 0 Å². The highest BCUT2D eigenvalue weighted by Crippen LogP contribution is 2.23. The summed E-state index contributed by atoms with van der Waals surface area (Å²) >= 11 is 2.55. The van der Waals surface area contributed by atoms with Crippen molar-refractivity contribution in [1.82, 2.24) is 4.98 Å². The van der Waals surface area contributed by atoms with Crippen molar-refractivity contribution >= 4 is 15.9 Å². The fraction of sp³-hybridized carbons (Fsp3) is 0.167. The van der Waals surface area contributed by atoms with Gasteiger partial charge in [0.25, 0.3) is 12.0 Å². The van der Waals surface area contributed by atoms with E-state index in [4.69, 9.17) is 0 Å². The van der Waals surface area contributed by atoms with Crippen LogP contribution in [-0.2, 0) is 0 Å². The zero-order valence-electron chi connectivity index (χ0n) is 5.57. The molecule has 0 bridgehead atoms. The minimum absolute atomic E-state index is 0.500. The molecule has 0 aliphatic heterocycles. The number of nitrogens with one attached hydrogen (secondary N) is 1. The summed E-state index contributed by atoms with van der Waals surface area (Å²) in [6.45, 7) is 0.